The predicted molar refractivity (Wildman–Crippen MR) is 78.5 cm³/mol. The van der Waals surface area contributed by atoms with Crippen molar-refractivity contribution in [2.45, 2.75) is 0 Å². The van der Waals surface area contributed by atoms with Crippen LogP contribution in [0.5, 0.6) is 0 Å². The van der Waals surface area contributed by atoms with Crippen LogP contribution in [-0.2, 0) is 4.79 Å². The molecule has 2 heterocycles. The Bertz CT molecular complexity index is 692. The van der Waals surface area contributed by atoms with Crippen molar-refractivity contribution in [3.8, 4) is 11.1 Å². The van der Waals surface area contributed by atoms with E-state index >= 15 is 0 Å². The first kappa shape index (κ1) is 12.3. The molecule has 0 unspecified atom stereocenters. The minimum atomic E-state index is -0.171. The van der Waals surface area contributed by atoms with Crippen molar-refractivity contribution in [2.75, 3.05) is 19.4 Å². The summed E-state index contributed by atoms with van der Waals surface area (Å²) in [7, 11) is 3.60. The van der Waals surface area contributed by atoms with Crippen LogP contribution in [0.4, 0.5) is 5.69 Å². The van der Waals surface area contributed by atoms with Gasteiger partial charge in [-0.1, -0.05) is 12.1 Å². The molecule has 100 valence electrons. The van der Waals surface area contributed by atoms with Crippen LogP contribution in [-0.4, -0.2) is 35.7 Å². The maximum absolute atomic E-state index is 12.1. The lowest BCUT2D eigenvalue weighted by atomic mass is 9.97. The Hall–Kier alpha value is -2.69. The first-order valence-electron chi connectivity index (χ1n) is 6.28. The van der Waals surface area contributed by atoms with Gasteiger partial charge in [-0.3, -0.25) is 9.78 Å². The Morgan fingerprint density at radius 1 is 1.15 bits per heavy atom. The third kappa shape index (κ3) is 2.03. The molecule has 0 saturated heterocycles. The molecule has 1 amide bonds. The Morgan fingerprint density at radius 3 is 2.60 bits per heavy atom. The minimum Gasteiger partial charge on any atom is -0.320 e. The minimum absolute atomic E-state index is 0.171. The number of fused-ring (bicyclic) bond motifs is 1. The van der Waals surface area contributed by atoms with Crippen LogP contribution in [0.2, 0.25) is 0 Å². The van der Waals surface area contributed by atoms with Crippen LogP contribution in [0.1, 0.15) is 5.56 Å². The zero-order valence-electron chi connectivity index (χ0n) is 11.3. The van der Waals surface area contributed by atoms with Crippen molar-refractivity contribution in [3.63, 3.8) is 0 Å². The number of rotatable bonds is 2. The second-order valence-corrected chi connectivity index (χ2v) is 4.71. The summed E-state index contributed by atoms with van der Waals surface area (Å²) >= 11 is 0. The lowest BCUT2D eigenvalue weighted by Crippen LogP contribution is -2.18. The zero-order chi connectivity index (χ0) is 14.1. The van der Waals surface area contributed by atoms with Crippen molar-refractivity contribution in [1.29, 1.82) is 0 Å². The number of amides is 1. The highest BCUT2D eigenvalue weighted by atomic mass is 16.2. The SMILES string of the molecule is CN(C)N=C1C(=O)Nc2cccc(-c3ccncc3)c21. The number of carbonyl (C=O) groups is 1. The van der Waals surface area contributed by atoms with Crippen molar-refractivity contribution in [3.05, 3.63) is 48.3 Å². The summed E-state index contributed by atoms with van der Waals surface area (Å²) in [5, 5.41) is 8.79. The van der Waals surface area contributed by atoms with Crippen LogP contribution >= 0.6 is 0 Å². The quantitative estimate of drug-likeness (QED) is 0.845. The standard InChI is InChI=1S/C15H14N4O/c1-19(2)18-14-13-11(10-6-8-16-9-7-10)4-3-5-12(13)17-15(14)20/h3-9H,1-2H3,(H,17,18,20). The molecule has 0 radical (unpaired) electrons. The van der Waals surface area contributed by atoms with Gasteiger partial charge in [0.25, 0.3) is 5.91 Å². The van der Waals surface area contributed by atoms with E-state index in [1.54, 1.807) is 31.5 Å². The van der Waals surface area contributed by atoms with E-state index in [1.807, 2.05) is 30.3 Å². The number of nitrogens with zero attached hydrogens (tertiary/aromatic N) is 3. The van der Waals surface area contributed by atoms with E-state index in [0.29, 0.717) is 5.71 Å². The lowest BCUT2D eigenvalue weighted by Gasteiger charge is -2.09. The molecule has 1 aromatic heterocycles. The fourth-order valence-electron chi connectivity index (χ4n) is 2.27. The third-order valence-electron chi connectivity index (χ3n) is 3.06. The Morgan fingerprint density at radius 2 is 1.90 bits per heavy atom. The average Bonchev–Trinajstić information content (AvgIpc) is 2.75. The highest BCUT2D eigenvalue weighted by Gasteiger charge is 2.29. The van der Waals surface area contributed by atoms with Crippen LogP contribution in [0.15, 0.2) is 47.8 Å². The summed E-state index contributed by atoms with van der Waals surface area (Å²) < 4.78 is 0. The van der Waals surface area contributed by atoms with Gasteiger partial charge in [0, 0.05) is 32.1 Å². The van der Waals surface area contributed by atoms with Gasteiger partial charge >= 0.3 is 0 Å². The molecule has 1 aliphatic heterocycles. The summed E-state index contributed by atoms with van der Waals surface area (Å²) in [6, 6.07) is 9.64. The number of hydrogen-bond acceptors (Lipinski definition) is 4. The van der Waals surface area contributed by atoms with E-state index in [2.05, 4.69) is 15.4 Å². The Labute approximate surface area is 116 Å². The number of pyridine rings is 1. The number of carbonyl (C=O) groups excluding carboxylic acids is 1. The van der Waals surface area contributed by atoms with Gasteiger partial charge in [0.1, 0.15) is 0 Å². The smallest absolute Gasteiger partial charge is 0.276 e. The van der Waals surface area contributed by atoms with E-state index in [1.165, 1.54) is 0 Å². The fraction of sp³-hybridized carbons (Fsp3) is 0.133. The molecule has 0 fully saturated rings. The monoisotopic (exact) mass is 266 g/mol. The van der Waals surface area contributed by atoms with E-state index < -0.39 is 0 Å². The molecule has 0 atom stereocenters. The highest BCUT2D eigenvalue weighted by molar-refractivity contribution is 6.54. The number of aromatic nitrogens is 1. The molecule has 5 nitrogen and oxygen atoms in total. The first-order valence-corrected chi connectivity index (χ1v) is 6.28. The molecule has 0 saturated carbocycles. The first-order chi connectivity index (χ1) is 9.66. The fourth-order valence-corrected chi connectivity index (χ4v) is 2.27. The predicted octanol–water partition coefficient (Wildman–Crippen LogP) is 1.97. The number of hydrazone groups is 1. The van der Waals surface area contributed by atoms with Gasteiger partial charge in [-0.15, -0.1) is 0 Å². The van der Waals surface area contributed by atoms with E-state index in [9.17, 15) is 4.79 Å². The van der Waals surface area contributed by atoms with Crippen LogP contribution in [0, 0.1) is 0 Å². The summed E-state index contributed by atoms with van der Waals surface area (Å²) in [5.74, 6) is -0.171. The van der Waals surface area contributed by atoms with Gasteiger partial charge in [-0.25, -0.2) is 0 Å². The van der Waals surface area contributed by atoms with Crippen LogP contribution in [0.3, 0.4) is 0 Å². The molecule has 0 spiro atoms. The molecule has 0 aliphatic carbocycles. The normalized spacial score (nSPS) is 15.1. The summed E-state index contributed by atoms with van der Waals surface area (Å²) in [4.78, 5) is 16.1. The van der Waals surface area contributed by atoms with Crippen molar-refractivity contribution in [2.24, 2.45) is 5.10 Å². The summed E-state index contributed by atoms with van der Waals surface area (Å²) in [5.41, 5.74) is 4.07. The molecule has 2 aromatic rings. The molecule has 1 aromatic carbocycles. The van der Waals surface area contributed by atoms with Gasteiger partial charge in [0.15, 0.2) is 5.71 Å². The molecule has 1 aliphatic rings. The third-order valence-corrected chi connectivity index (χ3v) is 3.06. The van der Waals surface area contributed by atoms with E-state index in [0.717, 1.165) is 22.4 Å². The molecular formula is C15H14N4O. The highest BCUT2D eigenvalue weighted by Crippen LogP contribution is 2.33. The number of nitrogens with one attached hydrogen (secondary N) is 1. The van der Waals surface area contributed by atoms with Gasteiger partial charge in [0.2, 0.25) is 0 Å². The maximum Gasteiger partial charge on any atom is 0.276 e. The molecule has 1 N–H and O–H groups in total. The number of benzene rings is 1. The maximum atomic E-state index is 12.1. The summed E-state index contributed by atoms with van der Waals surface area (Å²) in [6.45, 7) is 0. The van der Waals surface area contributed by atoms with Crippen LogP contribution < -0.4 is 5.32 Å². The topological polar surface area (TPSA) is 57.6 Å². The number of hydrogen-bond donors (Lipinski definition) is 1. The zero-order valence-corrected chi connectivity index (χ0v) is 11.3. The average molecular weight is 266 g/mol. The van der Waals surface area contributed by atoms with Gasteiger partial charge < -0.3 is 10.3 Å². The molecule has 5 heteroatoms. The molecule has 20 heavy (non-hydrogen) atoms. The second kappa shape index (κ2) is 4.77. The van der Waals surface area contributed by atoms with Crippen LogP contribution in [0.25, 0.3) is 11.1 Å². The Balaban J connectivity index is 2.22. The summed E-state index contributed by atoms with van der Waals surface area (Å²) in [6.07, 6.45) is 3.48. The van der Waals surface area contributed by atoms with Gasteiger partial charge in [0.05, 0.1) is 5.69 Å². The van der Waals surface area contributed by atoms with Gasteiger partial charge in [-0.2, -0.15) is 5.10 Å². The van der Waals surface area contributed by atoms with Crippen molar-refractivity contribution < 1.29 is 4.79 Å². The number of anilines is 1. The van der Waals surface area contributed by atoms with E-state index in [4.69, 9.17) is 0 Å². The van der Waals surface area contributed by atoms with E-state index in [-0.39, 0.29) is 5.91 Å². The van der Waals surface area contributed by atoms with Gasteiger partial charge in [-0.05, 0) is 29.3 Å². The Kier molecular flexibility index (Phi) is 2.95. The van der Waals surface area contributed by atoms with Crippen molar-refractivity contribution in [1.82, 2.24) is 9.99 Å². The molecule has 0 bridgehead atoms. The largest absolute Gasteiger partial charge is 0.320 e. The molecule has 3 rings (SSSR count). The molecular weight excluding hydrogens is 252 g/mol. The van der Waals surface area contributed by atoms with Crippen molar-refractivity contribution >= 4 is 17.3 Å². The lowest BCUT2D eigenvalue weighted by molar-refractivity contribution is -0.110. The second-order valence-electron chi connectivity index (χ2n) is 4.71.